The van der Waals surface area contributed by atoms with Gasteiger partial charge in [0, 0.05) is 6.54 Å². The Hall–Kier alpha value is -1.29. The molecule has 1 atom stereocenters. The van der Waals surface area contributed by atoms with Gasteiger partial charge >= 0.3 is 0 Å². The van der Waals surface area contributed by atoms with E-state index in [1.807, 2.05) is 25.7 Å². The number of nitrogens with zero attached hydrogens (tertiary/aromatic N) is 1. The predicted molar refractivity (Wildman–Crippen MR) is 59.2 cm³/mol. The maximum Gasteiger partial charge on any atom is 0.290 e. The largest absolute Gasteiger partial charge is 0.459 e. The molecule has 1 aromatic rings. The Morgan fingerprint density at radius 1 is 1.56 bits per heavy atom. The monoisotopic (exact) mass is 223 g/mol. The molecule has 0 unspecified atom stereocenters. The highest BCUT2D eigenvalue weighted by molar-refractivity contribution is 5.92. The van der Waals surface area contributed by atoms with Crippen molar-refractivity contribution in [3.05, 3.63) is 24.2 Å². The Kier molecular flexibility index (Phi) is 2.76. The van der Waals surface area contributed by atoms with Crippen LogP contribution in [0.4, 0.5) is 0 Å². The fraction of sp³-hybridized carbons (Fsp3) is 0.583. The van der Waals surface area contributed by atoms with E-state index in [0.717, 1.165) is 0 Å². The van der Waals surface area contributed by atoms with E-state index in [9.17, 15) is 4.79 Å². The van der Waals surface area contributed by atoms with Crippen LogP contribution in [0, 0.1) is 0 Å². The molecular formula is C12H17NO3. The number of hydrogen-bond acceptors (Lipinski definition) is 3. The fourth-order valence-electron chi connectivity index (χ4n) is 1.87. The van der Waals surface area contributed by atoms with Crippen LogP contribution in [0.15, 0.2) is 22.8 Å². The molecule has 4 heteroatoms. The first-order valence-corrected chi connectivity index (χ1v) is 5.48. The molecule has 0 bridgehead atoms. The van der Waals surface area contributed by atoms with Crippen LogP contribution in [-0.2, 0) is 4.74 Å². The zero-order valence-corrected chi connectivity index (χ0v) is 9.90. The first-order valence-electron chi connectivity index (χ1n) is 5.48. The molecule has 1 aliphatic heterocycles. The second kappa shape index (κ2) is 3.94. The molecule has 88 valence electrons. The van der Waals surface area contributed by atoms with E-state index in [2.05, 4.69) is 0 Å². The molecule has 1 aromatic heterocycles. The second-order valence-corrected chi connectivity index (χ2v) is 4.83. The maximum atomic E-state index is 12.2. The Morgan fingerprint density at radius 3 is 2.94 bits per heavy atom. The van der Waals surface area contributed by atoms with Gasteiger partial charge in [-0.15, -0.1) is 0 Å². The first kappa shape index (κ1) is 11.2. The molecule has 1 aliphatic rings. The average molecular weight is 223 g/mol. The normalized spacial score (nSPS) is 24.4. The van der Waals surface area contributed by atoms with Gasteiger partial charge in [0.1, 0.15) is 0 Å². The molecule has 1 fully saturated rings. The van der Waals surface area contributed by atoms with Crippen molar-refractivity contribution < 1.29 is 13.9 Å². The summed E-state index contributed by atoms with van der Waals surface area (Å²) < 4.78 is 10.7. The van der Waals surface area contributed by atoms with Crippen molar-refractivity contribution in [2.45, 2.75) is 32.4 Å². The van der Waals surface area contributed by atoms with Gasteiger partial charge in [0.2, 0.25) is 0 Å². The Labute approximate surface area is 95.2 Å². The maximum absolute atomic E-state index is 12.2. The second-order valence-electron chi connectivity index (χ2n) is 4.83. The summed E-state index contributed by atoms with van der Waals surface area (Å²) in [5.41, 5.74) is -0.281. The Morgan fingerprint density at radius 2 is 2.31 bits per heavy atom. The van der Waals surface area contributed by atoms with Crippen molar-refractivity contribution in [1.82, 2.24) is 4.90 Å². The summed E-state index contributed by atoms with van der Waals surface area (Å²) in [5.74, 6) is 0.326. The summed E-state index contributed by atoms with van der Waals surface area (Å²) in [6.45, 7) is 7.13. The summed E-state index contributed by atoms with van der Waals surface area (Å²) in [5, 5.41) is 0. The van der Waals surface area contributed by atoms with Gasteiger partial charge in [-0.25, -0.2) is 0 Å². The van der Waals surface area contributed by atoms with Gasteiger partial charge in [0.15, 0.2) is 5.76 Å². The molecule has 16 heavy (non-hydrogen) atoms. The van der Waals surface area contributed by atoms with Crippen LogP contribution in [0.2, 0.25) is 0 Å². The van der Waals surface area contributed by atoms with E-state index in [1.54, 1.807) is 12.1 Å². The number of morpholine rings is 1. The van der Waals surface area contributed by atoms with Crippen molar-refractivity contribution in [3.8, 4) is 0 Å². The van der Waals surface area contributed by atoms with Crippen LogP contribution < -0.4 is 0 Å². The number of furan rings is 1. The van der Waals surface area contributed by atoms with Gasteiger partial charge in [-0.1, -0.05) is 0 Å². The highest BCUT2D eigenvalue weighted by Crippen LogP contribution is 2.24. The standard InChI is InChI=1S/C12H17NO3/c1-9-7-13(12(2,3)8-16-9)11(14)10-5-4-6-15-10/h4-6,9H,7-8H2,1-3H3/t9-/m1/s1. The van der Waals surface area contributed by atoms with E-state index in [4.69, 9.17) is 9.15 Å². The lowest BCUT2D eigenvalue weighted by Crippen LogP contribution is -2.57. The van der Waals surface area contributed by atoms with Crippen LogP contribution in [0.25, 0.3) is 0 Å². The van der Waals surface area contributed by atoms with Gasteiger partial charge in [0.25, 0.3) is 5.91 Å². The van der Waals surface area contributed by atoms with E-state index >= 15 is 0 Å². The third-order valence-electron chi connectivity index (χ3n) is 2.87. The van der Waals surface area contributed by atoms with Crippen molar-refractivity contribution in [1.29, 1.82) is 0 Å². The summed E-state index contributed by atoms with van der Waals surface area (Å²) in [6.07, 6.45) is 1.59. The third kappa shape index (κ3) is 1.97. The summed E-state index contributed by atoms with van der Waals surface area (Å²) in [6, 6.07) is 3.42. The lowest BCUT2D eigenvalue weighted by atomic mass is 10.0. The molecule has 0 aromatic carbocycles. The lowest BCUT2D eigenvalue weighted by molar-refractivity contribution is -0.0764. The minimum atomic E-state index is -0.281. The smallest absolute Gasteiger partial charge is 0.290 e. The van der Waals surface area contributed by atoms with Crippen molar-refractivity contribution in [2.24, 2.45) is 0 Å². The van der Waals surface area contributed by atoms with Gasteiger partial charge in [-0.2, -0.15) is 0 Å². The first-order chi connectivity index (χ1) is 7.50. The molecule has 0 saturated carbocycles. The molecule has 2 heterocycles. The summed E-state index contributed by atoms with van der Waals surface area (Å²) in [4.78, 5) is 14.0. The number of carbonyl (C=O) groups is 1. The quantitative estimate of drug-likeness (QED) is 0.730. The minimum Gasteiger partial charge on any atom is -0.459 e. The minimum absolute atomic E-state index is 0.0647. The summed E-state index contributed by atoms with van der Waals surface area (Å²) >= 11 is 0. The highest BCUT2D eigenvalue weighted by Gasteiger charge is 2.37. The molecule has 1 amide bonds. The van der Waals surface area contributed by atoms with Gasteiger partial charge in [-0.05, 0) is 32.9 Å². The molecule has 0 N–H and O–H groups in total. The number of amides is 1. The van der Waals surface area contributed by atoms with Crippen LogP contribution in [0.1, 0.15) is 31.3 Å². The molecule has 1 saturated heterocycles. The highest BCUT2D eigenvalue weighted by atomic mass is 16.5. The van der Waals surface area contributed by atoms with E-state index in [0.29, 0.717) is 18.9 Å². The third-order valence-corrected chi connectivity index (χ3v) is 2.87. The molecule has 4 nitrogen and oxygen atoms in total. The molecule has 0 radical (unpaired) electrons. The fourth-order valence-corrected chi connectivity index (χ4v) is 1.87. The molecule has 0 aliphatic carbocycles. The van der Waals surface area contributed by atoms with Crippen LogP contribution >= 0.6 is 0 Å². The zero-order chi connectivity index (χ0) is 11.8. The van der Waals surface area contributed by atoms with Crippen LogP contribution in [-0.4, -0.2) is 35.6 Å². The Bertz CT molecular complexity index is 370. The van der Waals surface area contributed by atoms with Crippen molar-refractivity contribution in [2.75, 3.05) is 13.2 Å². The Balaban J connectivity index is 2.21. The van der Waals surface area contributed by atoms with Crippen molar-refractivity contribution >= 4 is 5.91 Å². The van der Waals surface area contributed by atoms with Crippen molar-refractivity contribution in [3.63, 3.8) is 0 Å². The average Bonchev–Trinajstić information content (AvgIpc) is 2.74. The molecular weight excluding hydrogens is 206 g/mol. The SMILES string of the molecule is C[C@@H]1CN(C(=O)c2ccco2)C(C)(C)CO1. The molecule has 2 rings (SSSR count). The van der Waals surface area contributed by atoms with E-state index in [1.165, 1.54) is 6.26 Å². The van der Waals surface area contributed by atoms with Crippen LogP contribution in [0.3, 0.4) is 0 Å². The topological polar surface area (TPSA) is 42.7 Å². The van der Waals surface area contributed by atoms with Crippen LogP contribution in [0.5, 0.6) is 0 Å². The number of rotatable bonds is 1. The lowest BCUT2D eigenvalue weighted by Gasteiger charge is -2.44. The van der Waals surface area contributed by atoms with Gasteiger partial charge in [-0.3, -0.25) is 4.79 Å². The van der Waals surface area contributed by atoms with E-state index < -0.39 is 0 Å². The van der Waals surface area contributed by atoms with Gasteiger partial charge < -0.3 is 14.1 Å². The predicted octanol–water partition coefficient (Wildman–Crippen LogP) is 1.92. The number of hydrogen-bond donors (Lipinski definition) is 0. The molecule has 0 spiro atoms. The zero-order valence-electron chi connectivity index (χ0n) is 9.90. The summed E-state index contributed by atoms with van der Waals surface area (Å²) in [7, 11) is 0. The van der Waals surface area contributed by atoms with Gasteiger partial charge in [0.05, 0.1) is 24.5 Å². The van der Waals surface area contributed by atoms with E-state index in [-0.39, 0.29) is 17.6 Å². The number of carbonyl (C=O) groups excluding carboxylic acids is 1. The number of ether oxygens (including phenoxy) is 1.